The van der Waals surface area contributed by atoms with Crippen LogP contribution >= 0.6 is 22.9 Å². The molecule has 2 heterocycles. The van der Waals surface area contributed by atoms with E-state index in [1.807, 2.05) is 0 Å². The Kier molecular flexibility index (Phi) is 3.07. The minimum atomic E-state index is -0.643. The van der Waals surface area contributed by atoms with Crippen LogP contribution < -0.4 is 0 Å². The molecule has 3 aromatic rings. The van der Waals surface area contributed by atoms with Crippen molar-refractivity contribution in [2.45, 2.75) is 0 Å². The Morgan fingerprint density at radius 3 is 2.67 bits per heavy atom. The summed E-state index contributed by atoms with van der Waals surface area (Å²) in [6.07, 6.45) is 1.53. The van der Waals surface area contributed by atoms with E-state index >= 15 is 0 Å². The van der Waals surface area contributed by atoms with Crippen LogP contribution in [0, 0.1) is 20.2 Å². The van der Waals surface area contributed by atoms with Gasteiger partial charge in [0.1, 0.15) is 11.2 Å². The van der Waals surface area contributed by atoms with E-state index in [2.05, 4.69) is 4.98 Å². The molecular weight excluding hydrogens is 320 g/mol. The van der Waals surface area contributed by atoms with Gasteiger partial charge in [-0.2, -0.15) is 9.38 Å². The average Bonchev–Trinajstić information content (AvgIpc) is 2.98. The van der Waals surface area contributed by atoms with Gasteiger partial charge < -0.3 is 10.1 Å². The van der Waals surface area contributed by atoms with E-state index in [4.69, 9.17) is 11.6 Å². The normalized spacial score (nSPS) is 10.9. The maximum absolute atomic E-state index is 11.2. The lowest BCUT2D eigenvalue weighted by atomic mass is 10.1. The first-order valence-electron chi connectivity index (χ1n) is 5.53. The van der Waals surface area contributed by atoms with Gasteiger partial charge in [-0.1, -0.05) is 29.0 Å². The molecule has 0 bridgehead atoms. The summed E-state index contributed by atoms with van der Waals surface area (Å²) in [5, 5.41) is 23.8. The van der Waals surface area contributed by atoms with Gasteiger partial charge in [0.15, 0.2) is 5.69 Å². The minimum Gasteiger partial charge on any atom is -0.358 e. The third-order valence-corrected chi connectivity index (χ3v) is 3.90. The molecule has 1 aromatic carbocycles. The van der Waals surface area contributed by atoms with E-state index in [-0.39, 0.29) is 27.8 Å². The second-order valence-electron chi connectivity index (χ2n) is 4.02. The maximum Gasteiger partial charge on any atom is 0.356 e. The molecule has 0 aliphatic rings. The Labute approximate surface area is 125 Å². The van der Waals surface area contributed by atoms with Gasteiger partial charge in [-0.15, -0.1) is 0 Å². The molecule has 3 rings (SSSR count). The van der Waals surface area contributed by atoms with Gasteiger partial charge in [0.05, 0.1) is 4.92 Å². The number of fused-ring (bicyclic) bond motifs is 1. The molecule has 10 heteroatoms. The van der Waals surface area contributed by atoms with Crippen molar-refractivity contribution in [2.24, 2.45) is 0 Å². The lowest BCUT2D eigenvalue weighted by Crippen LogP contribution is -1.95. The first-order valence-corrected chi connectivity index (χ1v) is 6.79. The first-order chi connectivity index (χ1) is 9.99. The van der Waals surface area contributed by atoms with Crippen molar-refractivity contribution in [3.8, 4) is 11.3 Å². The van der Waals surface area contributed by atoms with Crippen molar-refractivity contribution < 1.29 is 9.85 Å². The van der Waals surface area contributed by atoms with Crippen molar-refractivity contribution in [3.63, 3.8) is 0 Å². The number of benzene rings is 1. The van der Waals surface area contributed by atoms with E-state index in [0.29, 0.717) is 4.96 Å². The van der Waals surface area contributed by atoms with E-state index in [1.165, 1.54) is 40.1 Å². The number of imidazole rings is 1. The van der Waals surface area contributed by atoms with Crippen LogP contribution in [0.4, 0.5) is 11.5 Å². The highest BCUT2D eigenvalue weighted by Crippen LogP contribution is 2.35. The number of halogens is 1. The maximum atomic E-state index is 11.2. The largest absolute Gasteiger partial charge is 0.358 e. The van der Waals surface area contributed by atoms with Gasteiger partial charge >= 0.3 is 5.82 Å². The predicted octanol–water partition coefficient (Wildman–Crippen LogP) is 3.53. The Morgan fingerprint density at radius 2 is 2.00 bits per heavy atom. The van der Waals surface area contributed by atoms with Gasteiger partial charge in [-0.05, 0) is 11.0 Å². The van der Waals surface area contributed by atoms with Crippen LogP contribution in [0.3, 0.4) is 0 Å². The number of nitro benzene ring substituents is 1. The Bertz CT molecular complexity index is 888. The number of thiazole rings is 1. The fourth-order valence-corrected chi connectivity index (χ4v) is 2.84. The van der Waals surface area contributed by atoms with Crippen LogP contribution in [0.15, 0.2) is 29.8 Å². The molecule has 0 atom stereocenters. The molecule has 0 aliphatic heterocycles. The monoisotopic (exact) mass is 324 g/mol. The van der Waals surface area contributed by atoms with E-state index in [0.717, 1.165) is 0 Å². The number of nitrogens with zero attached hydrogens (tertiary/aromatic N) is 4. The zero-order valence-electron chi connectivity index (χ0n) is 10.1. The van der Waals surface area contributed by atoms with Gasteiger partial charge in [-0.25, -0.2) is 0 Å². The quantitative estimate of drug-likeness (QED) is 0.541. The fourth-order valence-electron chi connectivity index (χ4n) is 1.94. The molecule has 2 aromatic heterocycles. The van der Waals surface area contributed by atoms with Crippen LogP contribution in [0.1, 0.15) is 0 Å². The second-order valence-corrected chi connectivity index (χ2v) is 5.30. The van der Waals surface area contributed by atoms with Crippen LogP contribution in [0.25, 0.3) is 16.2 Å². The van der Waals surface area contributed by atoms with Gasteiger partial charge in [0.2, 0.25) is 0 Å². The highest BCUT2D eigenvalue weighted by Gasteiger charge is 2.26. The molecule has 0 radical (unpaired) electrons. The molecule has 0 saturated carbocycles. The van der Waals surface area contributed by atoms with E-state index in [1.54, 1.807) is 5.38 Å². The van der Waals surface area contributed by atoms with Gasteiger partial charge in [0, 0.05) is 17.0 Å². The topological polar surface area (TPSA) is 104 Å². The molecule has 0 N–H and O–H groups in total. The molecular formula is C11H5ClN4O4S. The van der Waals surface area contributed by atoms with Crippen LogP contribution in [0.5, 0.6) is 0 Å². The Balaban J connectivity index is 2.27. The van der Waals surface area contributed by atoms with Crippen LogP contribution in [-0.4, -0.2) is 19.2 Å². The summed E-state index contributed by atoms with van der Waals surface area (Å²) in [6, 6.07) is 3.97. The molecule has 0 saturated heterocycles. The van der Waals surface area contributed by atoms with Crippen molar-refractivity contribution in [2.75, 3.05) is 0 Å². The van der Waals surface area contributed by atoms with Gasteiger partial charge in [0.25, 0.3) is 10.6 Å². The lowest BCUT2D eigenvalue weighted by Gasteiger charge is -2.00. The summed E-state index contributed by atoms with van der Waals surface area (Å²) >= 11 is 6.98. The molecule has 0 fully saturated rings. The summed E-state index contributed by atoms with van der Waals surface area (Å²) in [5.41, 5.74) is 0.0279. The SMILES string of the molecule is O=[N+]([O-])c1cc(-c2nc3sccn3c2[N+](=O)[O-])ccc1Cl. The summed E-state index contributed by atoms with van der Waals surface area (Å²) < 4.78 is 1.33. The molecule has 8 nitrogen and oxygen atoms in total. The first kappa shape index (κ1) is 13.5. The van der Waals surface area contributed by atoms with E-state index in [9.17, 15) is 20.2 Å². The molecule has 0 aliphatic carbocycles. The number of hydrogen-bond donors (Lipinski definition) is 0. The second kappa shape index (κ2) is 4.79. The number of nitro groups is 2. The lowest BCUT2D eigenvalue weighted by molar-refractivity contribution is -0.389. The summed E-state index contributed by atoms with van der Waals surface area (Å²) in [6.45, 7) is 0. The van der Waals surface area contributed by atoms with Gasteiger partial charge in [-0.3, -0.25) is 10.1 Å². The Hall–Kier alpha value is -2.52. The standard InChI is InChI=1S/C11H5ClN4O4S/c12-7-2-1-6(5-8(7)15(17)18)9-10(16(19)20)14-3-4-21-11(14)13-9/h1-5H. The summed E-state index contributed by atoms with van der Waals surface area (Å²) in [7, 11) is 0. The third-order valence-electron chi connectivity index (χ3n) is 2.83. The minimum absolute atomic E-state index is 0.0348. The summed E-state index contributed by atoms with van der Waals surface area (Å²) in [5.74, 6) is -0.233. The van der Waals surface area contributed by atoms with Crippen molar-refractivity contribution >= 4 is 39.4 Å². The predicted molar refractivity (Wildman–Crippen MR) is 76.8 cm³/mol. The molecule has 0 amide bonds. The summed E-state index contributed by atoms with van der Waals surface area (Å²) in [4.78, 5) is 25.6. The van der Waals surface area contributed by atoms with Crippen molar-refractivity contribution in [1.82, 2.24) is 9.38 Å². The zero-order chi connectivity index (χ0) is 15.1. The highest BCUT2D eigenvalue weighted by molar-refractivity contribution is 7.15. The van der Waals surface area contributed by atoms with Crippen molar-refractivity contribution in [3.05, 3.63) is 55.0 Å². The molecule has 0 unspecified atom stereocenters. The number of rotatable bonds is 3. The number of hydrogen-bond acceptors (Lipinski definition) is 6. The van der Waals surface area contributed by atoms with Crippen LogP contribution in [-0.2, 0) is 0 Å². The Morgan fingerprint density at radius 1 is 1.24 bits per heavy atom. The third kappa shape index (κ3) is 2.12. The zero-order valence-corrected chi connectivity index (χ0v) is 11.7. The highest BCUT2D eigenvalue weighted by atomic mass is 35.5. The van der Waals surface area contributed by atoms with Crippen molar-refractivity contribution in [1.29, 1.82) is 0 Å². The molecule has 0 spiro atoms. The van der Waals surface area contributed by atoms with E-state index < -0.39 is 9.85 Å². The average molecular weight is 325 g/mol. The fraction of sp³-hybridized carbons (Fsp3) is 0. The smallest absolute Gasteiger partial charge is 0.356 e. The molecule has 106 valence electrons. The number of aromatic nitrogens is 2. The van der Waals surface area contributed by atoms with Crippen LogP contribution in [0.2, 0.25) is 5.02 Å². The molecule has 21 heavy (non-hydrogen) atoms.